The quantitative estimate of drug-likeness (QED) is 0.165. The van der Waals surface area contributed by atoms with E-state index in [2.05, 4.69) is 204 Å². The monoisotopic (exact) mass is 824 g/mol. The summed E-state index contributed by atoms with van der Waals surface area (Å²) in [5.74, 6) is 0. The maximum absolute atomic E-state index is 6.56. The van der Waals surface area contributed by atoms with Crippen LogP contribution in [0.2, 0.25) is 0 Å². The summed E-state index contributed by atoms with van der Waals surface area (Å²) in [5, 5.41) is 6.13. The van der Waals surface area contributed by atoms with Crippen LogP contribution in [-0.2, 0) is 0 Å². The number of anilines is 6. The molecule has 288 valence electrons. The predicted molar refractivity (Wildman–Crippen MR) is 267 cm³/mol. The number of fused-ring (bicyclic) bond motifs is 12. The Balaban J connectivity index is 1.08. The number of hydrogen-bond acceptors (Lipinski definition) is 5. The topological polar surface area (TPSA) is 19.6 Å². The molecule has 0 bridgehead atoms. The van der Waals surface area contributed by atoms with Crippen molar-refractivity contribution in [2.45, 2.75) is 0 Å². The van der Waals surface area contributed by atoms with Crippen LogP contribution in [0.3, 0.4) is 0 Å². The standard InChI is InChI=1S/C56H33BN2OS2/c1-3-13-34(14-4-1)36-26-30-52-43(31-36)54-56(62-52)57-44-29-25-37(35-15-5-2-6-16-35)32-48(44)58(38-27-28-40-39-17-7-9-23-49(39)60-50(40)33-38)45-20-12-21-46(53(45)57)59(54)47-22-11-19-42-41-18-8-10-24-51(41)61-55(42)47/h1-33H. The van der Waals surface area contributed by atoms with Gasteiger partial charge < -0.3 is 14.2 Å². The van der Waals surface area contributed by atoms with E-state index in [1.54, 1.807) is 0 Å². The van der Waals surface area contributed by atoms with Gasteiger partial charge in [-0.3, -0.25) is 0 Å². The van der Waals surface area contributed by atoms with Crippen molar-refractivity contribution >= 4 is 131 Å². The third kappa shape index (κ3) is 4.87. The molecule has 0 spiro atoms. The van der Waals surface area contributed by atoms with Gasteiger partial charge in [0.05, 0.1) is 16.1 Å². The summed E-state index contributed by atoms with van der Waals surface area (Å²) >= 11 is 3.84. The molecule has 0 N–H and O–H groups in total. The lowest BCUT2D eigenvalue weighted by atomic mass is 9.36. The number of nitrogens with zero attached hydrogens (tertiary/aromatic N) is 2. The molecule has 3 nitrogen and oxygen atoms in total. The third-order valence-corrected chi connectivity index (χ3v) is 15.5. The van der Waals surface area contributed by atoms with Crippen molar-refractivity contribution in [2.24, 2.45) is 0 Å². The highest BCUT2D eigenvalue weighted by Gasteiger charge is 2.45. The van der Waals surface area contributed by atoms with Crippen LogP contribution < -0.4 is 25.5 Å². The highest BCUT2D eigenvalue weighted by Crippen LogP contribution is 2.51. The molecule has 12 aromatic rings. The minimum atomic E-state index is 0.0117. The van der Waals surface area contributed by atoms with Crippen LogP contribution in [-0.4, -0.2) is 6.71 Å². The smallest absolute Gasteiger partial charge is 0.264 e. The molecule has 0 saturated carbocycles. The van der Waals surface area contributed by atoms with Crippen molar-refractivity contribution in [1.82, 2.24) is 0 Å². The maximum Gasteiger partial charge on any atom is 0.264 e. The van der Waals surface area contributed by atoms with Crippen molar-refractivity contribution in [3.05, 3.63) is 200 Å². The summed E-state index contributed by atoms with van der Waals surface area (Å²) in [6, 6.07) is 73.6. The molecule has 2 aliphatic rings. The van der Waals surface area contributed by atoms with Gasteiger partial charge in [-0.05, 0) is 93.8 Å². The van der Waals surface area contributed by atoms with Crippen molar-refractivity contribution in [3.8, 4) is 22.3 Å². The first-order valence-electron chi connectivity index (χ1n) is 21.1. The molecule has 0 unspecified atom stereocenters. The van der Waals surface area contributed by atoms with Crippen LogP contribution in [0, 0.1) is 0 Å². The number of para-hydroxylation sites is 1. The summed E-state index contributed by atoms with van der Waals surface area (Å²) in [7, 11) is 0. The molecule has 0 amide bonds. The van der Waals surface area contributed by atoms with E-state index in [-0.39, 0.29) is 6.71 Å². The van der Waals surface area contributed by atoms with Crippen LogP contribution in [0.1, 0.15) is 0 Å². The van der Waals surface area contributed by atoms with E-state index in [0.717, 1.165) is 27.6 Å². The zero-order chi connectivity index (χ0) is 40.5. The molecule has 0 fully saturated rings. The highest BCUT2D eigenvalue weighted by atomic mass is 32.1. The molecular weight excluding hydrogens is 792 g/mol. The number of thiophene rings is 2. The predicted octanol–water partition coefficient (Wildman–Crippen LogP) is 14.6. The third-order valence-electron chi connectivity index (χ3n) is 13.0. The summed E-state index contributed by atoms with van der Waals surface area (Å²) in [4.78, 5) is 5.10. The van der Waals surface area contributed by atoms with Gasteiger partial charge >= 0.3 is 0 Å². The zero-order valence-electron chi connectivity index (χ0n) is 33.2. The highest BCUT2D eigenvalue weighted by molar-refractivity contribution is 7.33. The largest absolute Gasteiger partial charge is 0.456 e. The molecular formula is C56H33BN2OS2. The van der Waals surface area contributed by atoms with Gasteiger partial charge in [-0.25, -0.2) is 0 Å². The van der Waals surface area contributed by atoms with Crippen LogP contribution in [0.25, 0.3) is 74.5 Å². The van der Waals surface area contributed by atoms with E-state index in [0.29, 0.717) is 0 Å². The van der Waals surface area contributed by atoms with Gasteiger partial charge in [-0.1, -0.05) is 133 Å². The molecule has 6 heteroatoms. The fraction of sp³-hybridized carbons (Fsp3) is 0. The van der Waals surface area contributed by atoms with Crippen LogP contribution in [0.15, 0.2) is 205 Å². The maximum atomic E-state index is 6.56. The minimum absolute atomic E-state index is 0.0117. The molecule has 0 aliphatic carbocycles. The Kier molecular flexibility index (Phi) is 7.24. The van der Waals surface area contributed by atoms with Gasteiger partial charge in [0.15, 0.2) is 0 Å². The Morgan fingerprint density at radius 1 is 0.387 bits per heavy atom. The van der Waals surface area contributed by atoms with E-state index >= 15 is 0 Å². The van der Waals surface area contributed by atoms with E-state index in [1.165, 1.54) is 96.7 Å². The van der Waals surface area contributed by atoms with E-state index in [4.69, 9.17) is 4.42 Å². The van der Waals surface area contributed by atoms with Gasteiger partial charge in [-0.15, -0.1) is 22.7 Å². The Bertz CT molecular complexity index is 3790. The van der Waals surface area contributed by atoms with E-state index in [1.807, 2.05) is 28.7 Å². The van der Waals surface area contributed by atoms with Gasteiger partial charge in [0.1, 0.15) is 11.2 Å². The number of rotatable bonds is 4. The first kappa shape index (κ1) is 34.3. The molecule has 62 heavy (non-hydrogen) atoms. The number of hydrogen-bond donors (Lipinski definition) is 0. The second kappa shape index (κ2) is 13.1. The van der Waals surface area contributed by atoms with Crippen molar-refractivity contribution in [3.63, 3.8) is 0 Å². The molecule has 2 aliphatic heterocycles. The fourth-order valence-corrected chi connectivity index (χ4v) is 12.8. The summed E-state index contributed by atoms with van der Waals surface area (Å²) in [5.41, 5.74) is 16.4. The molecule has 0 saturated heterocycles. The molecule has 0 atom stereocenters. The first-order chi connectivity index (χ1) is 30.7. The average molecular weight is 825 g/mol. The Labute approximate surface area is 366 Å². The zero-order valence-corrected chi connectivity index (χ0v) is 34.9. The van der Waals surface area contributed by atoms with Crippen molar-refractivity contribution in [2.75, 3.05) is 9.80 Å². The number of furan rings is 1. The summed E-state index contributed by atoms with van der Waals surface area (Å²) in [6.45, 7) is 0.0117. The lowest BCUT2D eigenvalue weighted by Gasteiger charge is -2.43. The van der Waals surface area contributed by atoms with Crippen molar-refractivity contribution < 1.29 is 4.42 Å². The normalized spacial score (nSPS) is 13.1. The van der Waals surface area contributed by atoms with E-state index < -0.39 is 0 Å². The summed E-state index contributed by atoms with van der Waals surface area (Å²) in [6.07, 6.45) is 0. The molecule has 14 rings (SSSR count). The van der Waals surface area contributed by atoms with E-state index in [9.17, 15) is 0 Å². The van der Waals surface area contributed by atoms with Crippen LogP contribution in [0.5, 0.6) is 0 Å². The second-order valence-electron chi connectivity index (χ2n) is 16.4. The Morgan fingerprint density at radius 3 is 1.87 bits per heavy atom. The molecule has 3 aromatic heterocycles. The Morgan fingerprint density at radius 2 is 1.03 bits per heavy atom. The molecule has 5 heterocycles. The molecule has 9 aromatic carbocycles. The van der Waals surface area contributed by atoms with Crippen LogP contribution >= 0.6 is 22.7 Å². The lowest BCUT2D eigenvalue weighted by molar-refractivity contribution is 0.669. The van der Waals surface area contributed by atoms with Gasteiger partial charge in [0.25, 0.3) is 6.71 Å². The van der Waals surface area contributed by atoms with Gasteiger partial charge in [0, 0.05) is 69.9 Å². The van der Waals surface area contributed by atoms with Crippen molar-refractivity contribution in [1.29, 1.82) is 0 Å². The minimum Gasteiger partial charge on any atom is -0.456 e. The number of benzene rings is 9. The SMILES string of the molecule is c1ccc(-c2ccc3c(c2)N(c2ccc4c(c2)oc2ccccc24)c2cccc4c2B3c2sc3ccc(-c5ccccc5)cc3c2N4c2cccc3c2sc2ccccc23)cc1. The van der Waals surface area contributed by atoms with Gasteiger partial charge in [-0.2, -0.15) is 0 Å². The average Bonchev–Trinajstić information content (AvgIpc) is 4.03. The van der Waals surface area contributed by atoms with Crippen LogP contribution in [0.4, 0.5) is 34.1 Å². The van der Waals surface area contributed by atoms with Gasteiger partial charge in [0.2, 0.25) is 0 Å². The fourth-order valence-electron chi connectivity index (χ4n) is 10.3. The Hall–Kier alpha value is -7.38. The first-order valence-corrected chi connectivity index (χ1v) is 22.7. The lowest BCUT2D eigenvalue weighted by Crippen LogP contribution is -2.60. The molecule has 0 radical (unpaired) electrons. The summed E-state index contributed by atoms with van der Waals surface area (Å²) < 4.78 is 11.8. The second-order valence-corrected chi connectivity index (χ2v) is 18.5.